The zero-order chi connectivity index (χ0) is 13.2. The standard InChI is InChI=1S/C12H17ClN2O2S/c13-10-7-4-8-11(14)12(10)15-18(16,17)9-5-2-1-3-6-9/h4,7-9,15H,1-3,5-6,14H2. The second-order valence-corrected chi connectivity index (χ2v) is 6.98. The van der Waals surface area contributed by atoms with Crippen LogP contribution in [0.1, 0.15) is 32.1 Å². The third kappa shape index (κ3) is 2.90. The van der Waals surface area contributed by atoms with Crippen LogP contribution in [0.4, 0.5) is 11.4 Å². The van der Waals surface area contributed by atoms with E-state index in [4.69, 9.17) is 17.3 Å². The molecule has 1 saturated carbocycles. The van der Waals surface area contributed by atoms with Crippen molar-refractivity contribution >= 4 is 33.0 Å². The number of hydrogen-bond donors (Lipinski definition) is 2. The number of anilines is 2. The van der Waals surface area contributed by atoms with Crippen molar-refractivity contribution in [3.05, 3.63) is 23.2 Å². The summed E-state index contributed by atoms with van der Waals surface area (Å²) in [5, 5.41) is -0.00342. The molecule has 6 heteroatoms. The summed E-state index contributed by atoms with van der Waals surface area (Å²) in [7, 11) is -3.40. The van der Waals surface area contributed by atoms with E-state index in [2.05, 4.69) is 4.72 Å². The normalized spacial score (nSPS) is 17.6. The fourth-order valence-corrected chi connectivity index (χ4v) is 4.17. The third-order valence-electron chi connectivity index (χ3n) is 3.28. The fourth-order valence-electron chi connectivity index (χ4n) is 2.25. The summed E-state index contributed by atoms with van der Waals surface area (Å²) in [5.74, 6) is 0. The van der Waals surface area contributed by atoms with E-state index in [0.717, 1.165) is 19.3 Å². The number of nitrogen functional groups attached to an aromatic ring is 1. The molecule has 4 nitrogen and oxygen atoms in total. The van der Waals surface area contributed by atoms with Crippen molar-refractivity contribution in [1.82, 2.24) is 0 Å². The summed E-state index contributed by atoms with van der Waals surface area (Å²) in [6, 6.07) is 4.94. The Morgan fingerprint density at radius 2 is 1.89 bits per heavy atom. The molecule has 0 atom stereocenters. The van der Waals surface area contributed by atoms with Crippen molar-refractivity contribution in [2.75, 3.05) is 10.5 Å². The number of nitrogens with one attached hydrogen (secondary N) is 1. The molecular weight excluding hydrogens is 272 g/mol. The van der Waals surface area contributed by atoms with E-state index >= 15 is 0 Å². The van der Waals surface area contributed by atoms with E-state index in [1.165, 1.54) is 0 Å². The van der Waals surface area contributed by atoms with Crippen molar-refractivity contribution in [3.8, 4) is 0 Å². The summed E-state index contributed by atoms with van der Waals surface area (Å²) in [5.41, 5.74) is 6.39. The SMILES string of the molecule is Nc1cccc(Cl)c1NS(=O)(=O)C1CCCCC1. The fraction of sp³-hybridized carbons (Fsp3) is 0.500. The summed E-state index contributed by atoms with van der Waals surface area (Å²) < 4.78 is 27.0. The molecule has 1 aromatic carbocycles. The van der Waals surface area contributed by atoms with E-state index in [9.17, 15) is 8.42 Å². The number of para-hydroxylation sites is 1. The number of hydrogen-bond acceptors (Lipinski definition) is 3. The Morgan fingerprint density at radius 3 is 2.50 bits per heavy atom. The highest BCUT2D eigenvalue weighted by atomic mass is 35.5. The lowest BCUT2D eigenvalue weighted by Crippen LogP contribution is -2.30. The molecule has 0 bridgehead atoms. The molecule has 1 aliphatic rings. The van der Waals surface area contributed by atoms with Gasteiger partial charge in [-0.25, -0.2) is 8.42 Å². The van der Waals surface area contributed by atoms with Gasteiger partial charge >= 0.3 is 0 Å². The van der Waals surface area contributed by atoms with Gasteiger partial charge in [-0.05, 0) is 25.0 Å². The smallest absolute Gasteiger partial charge is 0.235 e. The first-order valence-electron chi connectivity index (χ1n) is 6.06. The second-order valence-electron chi connectivity index (χ2n) is 4.61. The van der Waals surface area contributed by atoms with Gasteiger partial charge in [-0.3, -0.25) is 4.72 Å². The summed E-state index contributed by atoms with van der Waals surface area (Å²) in [6.45, 7) is 0. The van der Waals surface area contributed by atoms with Crippen molar-refractivity contribution < 1.29 is 8.42 Å². The van der Waals surface area contributed by atoms with Crippen LogP contribution >= 0.6 is 11.6 Å². The molecule has 0 unspecified atom stereocenters. The molecule has 0 heterocycles. The number of sulfonamides is 1. The van der Waals surface area contributed by atoms with Gasteiger partial charge in [-0.2, -0.15) is 0 Å². The summed E-state index contributed by atoms with van der Waals surface area (Å²) >= 11 is 5.97. The third-order valence-corrected chi connectivity index (χ3v) is 5.43. The minimum Gasteiger partial charge on any atom is -0.397 e. The van der Waals surface area contributed by atoms with Crippen molar-refractivity contribution in [3.63, 3.8) is 0 Å². The molecule has 0 spiro atoms. The average Bonchev–Trinajstić information content (AvgIpc) is 2.35. The number of nitrogens with two attached hydrogens (primary N) is 1. The van der Waals surface area contributed by atoms with Gasteiger partial charge in [0.05, 0.1) is 21.6 Å². The molecule has 100 valence electrons. The molecule has 18 heavy (non-hydrogen) atoms. The van der Waals surface area contributed by atoms with Gasteiger partial charge in [-0.1, -0.05) is 36.9 Å². The quantitative estimate of drug-likeness (QED) is 0.840. The maximum absolute atomic E-state index is 12.2. The molecule has 0 aromatic heterocycles. The minimum atomic E-state index is -3.40. The van der Waals surface area contributed by atoms with E-state index in [1.807, 2.05) is 0 Å². The highest BCUT2D eigenvalue weighted by Crippen LogP contribution is 2.31. The van der Waals surface area contributed by atoms with E-state index in [-0.39, 0.29) is 5.25 Å². The van der Waals surface area contributed by atoms with Gasteiger partial charge in [0.15, 0.2) is 0 Å². The largest absolute Gasteiger partial charge is 0.397 e. The Hall–Kier alpha value is -0.940. The van der Waals surface area contributed by atoms with Crippen molar-refractivity contribution in [1.29, 1.82) is 0 Å². The zero-order valence-corrected chi connectivity index (χ0v) is 11.6. The van der Waals surface area contributed by atoms with Gasteiger partial charge in [0.2, 0.25) is 10.0 Å². The Kier molecular flexibility index (Phi) is 4.02. The topological polar surface area (TPSA) is 72.2 Å². The molecule has 0 aliphatic heterocycles. The molecule has 1 fully saturated rings. The molecule has 0 saturated heterocycles. The molecule has 2 rings (SSSR count). The van der Waals surface area contributed by atoms with Gasteiger partial charge in [0.1, 0.15) is 0 Å². The van der Waals surface area contributed by atoms with Crippen molar-refractivity contribution in [2.45, 2.75) is 37.4 Å². The van der Waals surface area contributed by atoms with Crippen LogP contribution in [-0.4, -0.2) is 13.7 Å². The zero-order valence-electron chi connectivity index (χ0n) is 10.0. The lowest BCUT2D eigenvalue weighted by Gasteiger charge is -2.23. The summed E-state index contributed by atoms with van der Waals surface area (Å²) in [6.07, 6.45) is 4.45. The Balaban J connectivity index is 2.22. The molecule has 1 aliphatic carbocycles. The number of halogens is 1. The monoisotopic (exact) mass is 288 g/mol. The number of rotatable bonds is 3. The lowest BCUT2D eigenvalue weighted by atomic mass is 10.0. The first kappa shape index (κ1) is 13.5. The van der Waals surface area contributed by atoms with Gasteiger partial charge < -0.3 is 5.73 Å². The van der Waals surface area contributed by atoms with Crippen LogP contribution in [0.3, 0.4) is 0 Å². The van der Waals surface area contributed by atoms with Crippen LogP contribution in [-0.2, 0) is 10.0 Å². The maximum Gasteiger partial charge on any atom is 0.235 e. The maximum atomic E-state index is 12.2. The highest BCUT2D eigenvalue weighted by molar-refractivity contribution is 7.93. The van der Waals surface area contributed by atoms with Crippen LogP contribution in [0.5, 0.6) is 0 Å². The predicted octanol–water partition coefficient (Wildman–Crippen LogP) is 3.00. The molecule has 3 N–H and O–H groups in total. The Morgan fingerprint density at radius 1 is 1.22 bits per heavy atom. The van der Waals surface area contributed by atoms with E-state index < -0.39 is 10.0 Å². The first-order valence-corrected chi connectivity index (χ1v) is 7.99. The average molecular weight is 289 g/mol. The van der Waals surface area contributed by atoms with Crippen LogP contribution in [0.25, 0.3) is 0 Å². The van der Waals surface area contributed by atoms with Crippen LogP contribution in [0.2, 0.25) is 5.02 Å². The van der Waals surface area contributed by atoms with E-state index in [1.54, 1.807) is 18.2 Å². The number of benzene rings is 1. The van der Waals surface area contributed by atoms with Crippen LogP contribution in [0.15, 0.2) is 18.2 Å². The molecular formula is C12H17ClN2O2S. The lowest BCUT2D eigenvalue weighted by molar-refractivity contribution is 0.486. The van der Waals surface area contributed by atoms with Gasteiger partial charge in [0, 0.05) is 0 Å². The summed E-state index contributed by atoms with van der Waals surface area (Å²) in [4.78, 5) is 0. The molecule has 0 amide bonds. The van der Waals surface area contributed by atoms with Gasteiger partial charge in [0.25, 0.3) is 0 Å². The van der Waals surface area contributed by atoms with Gasteiger partial charge in [-0.15, -0.1) is 0 Å². The first-order chi connectivity index (χ1) is 8.50. The van der Waals surface area contributed by atoms with Crippen LogP contribution < -0.4 is 10.5 Å². The Labute approximate surface area is 113 Å². The van der Waals surface area contributed by atoms with Crippen molar-refractivity contribution in [2.24, 2.45) is 0 Å². The highest BCUT2D eigenvalue weighted by Gasteiger charge is 2.28. The van der Waals surface area contributed by atoms with Crippen LogP contribution in [0, 0.1) is 0 Å². The van der Waals surface area contributed by atoms with E-state index in [0.29, 0.717) is 29.2 Å². The molecule has 0 radical (unpaired) electrons. The second kappa shape index (κ2) is 5.36. The molecule has 1 aromatic rings. The Bertz CT molecular complexity index is 505. The minimum absolute atomic E-state index is 0.296. The predicted molar refractivity (Wildman–Crippen MR) is 75.3 cm³/mol.